The first-order chi connectivity index (χ1) is 8.25. The van der Waals surface area contributed by atoms with Gasteiger partial charge in [0.25, 0.3) is 0 Å². The predicted octanol–water partition coefficient (Wildman–Crippen LogP) is 2.61. The van der Waals surface area contributed by atoms with E-state index in [0.717, 1.165) is 18.4 Å². The van der Waals surface area contributed by atoms with E-state index in [2.05, 4.69) is 6.92 Å². The number of hydrogen-bond acceptors (Lipinski definition) is 3. The highest BCUT2D eigenvalue weighted by Gasteiger charge is 2.45. The van der Waals surface area contributed by atoms with E-state index in [1.807, 2.05) is 30.3 Å². The molecule has 1 heterocycles. The average Bonchev–Trinajstić information content (AvgIpc) is 2.78. The number of hydrogen-bond donors (Lipinski definition) is 0. The van der Waals surface area contributed by atoms with Gasteiger partial charge in [0.2, 0.25) is 0 Å². The number of carbonyl (C=O) groups is 1. The Labute approximate surface area is 101 Å². The summed E-state index contributed by atoms with van der Waals surface area (Å²) in [5.41, 5.74) is 0.797. The molecule has 1 aliphatic carbocycles. The van der Waals surface area contributed by atoms with Gasteiger partial charge in [0, 0.05) is 17.9 Å². The molecular formula is C14H16O3. The van der Waals surface area contributed by atoms with Gasteiger partial charge in [0.15, 0.2) is 5.78 Å². The monoisotopic (exact) mass is 232 g/mol. The molecule has 1 aromatic rings. The molecule has 3 rings (SSSR count). The molecule has 0 N–H and O–H groups in total. The van der Waals surface area contributed by atoms with Crippen LogP contribution in [0.2, 0.25) is 0 Å². The zero-order valence-electron chi connectivity index (χ0n) is 9.84. The molecular weight excluding hydrogens is 216 g/mol. The molecule has 4 atom stereocenters. The smallest absolute Gasteiger partial charge is 0.166 e. The Kier molecular flexibility index (Phi) is 2.73. The first kappa shape index (κ1) is 10.9. The van der Waals surface area contributed by atoms with Crippen LogP contribution in [0.4, 0.5) is 0 Å². The van der Waals surface area contributed by atoms with E-state index >= 15 is 0 Å². The highest BCUT2D eigenvalue weighted by atomic mass is 17.2. The fraction of sp³-hybridized carbons (Fsp3) is 0.500. The van der Waals surface area contributed by atoms with E-state index in [-0.39, 0.29) is 29.8 Å². The Hall–Kier alpha value is -1.19. The fourth-order valence-corrected chi connectivity index (χ4v) is 2.84. The van der Waals surface area contributed by atoms with Crippen LogP contribution in [0.1, 0.15) is 30.1 Å². The third kappa shape index (κ3) is 1.90. The summed E-state index contributed by atoms with van der Waals surface area (Å²) in [5, 5.41) is 0. The van der Waals surface area contributed by atoms with Crippen LogP contribution in [-0.2, 0) is 9.78 Å². The van der Waals surface area contributed by atoms with Crippen molar-refractivity contribution in [3.8, 4) is 0 Å². The second kappa shape index (κ2) is 4.24. The molecule has 0 amide bonds. The maximum atomic E-state index is 12.4. The molecule has 90 valence electrons. The van der Waals surface area contributed by atoms with Crippen LogP contribution in [0, 0.1) is 11.8 Å². The zero-order chi connectivity index (χ0) is 11.8. The third-order valence-electron chi connectivity index (χ3n) is 3.94. The topological polar surface area (TPSA) is 35.5 Å². The maximum absolute atomic E-state index is 12.4. The van der Waals surface area contributed by atoms with Gasteiger partial charge in [-0.05, 0) is 12.3 Å². The van der Waals surface area contributed by atoms with Crippen LogP contribution in [0.5, 0.6) is 0 Å². The van der Waals surface area contributed by atoms with Crippen LogP contribution >= 0.6 is 0 Å². The minimum Gasteiger partial charge on any atom is -0.294 e. The van der Waals surface area contributed by atoms with Crippen molar-refractivity contribution in [1.29, 1.82) is 0 Å². The second-order valence-electron chi connectivity index (χ2n) is 5.02. The van der Waals surface area contributed by atoms with Crippen LogP contribution in [-0.4, -0.2) is 18.0 Å². The quantitative estimate of drug-likeness (QED) is 0.581. The van der Waals surface area contributed by atoms with Crippen LogP contribution < -0.4 is 0 Å². The Bertz CT molecular complexity index is 415. The maximum Gasteiger partial charge on any atom is 0.166 e. The predicted molar refractivity (Wildman–Crippen MR) is 62.4 cm³/mol. The van der Waals surface area contributed by atoms with E-state index in [1.54, 1.807) is 0 Å². The van der Waals surface area contributed by atoms with Crippen molar-refractivity contribution >= 4 is 5.78 Å². The van der Waals surface area contributed by atoms with Crippen molar-refractivity contribution in [3.63, 3.8) is 0 Å². The van der Waals surface area contributed by atoms with E-state index in [1.165, 1.54) is 0 Å². The standard InChI is InChI=1S/C14H16O3/c1-9-12(7-11-8-13(9)17-16-11)14(15)10-5-3-2-4-6-10/h2-6,9,11-13H,7-8H2,1H3. The minimum atomic E-state index is 0.0312. The highest BCUT2D eigenvalue weighted by molar-refractivity contribution is 5.98. The first-order valence-corrected chi connectivity index (χ1v) is 6.17. The van der Waals surface area contributed by atoms with E-state index in [4.69, 9.17) is 9.78 Å². The summed E-state index contributed by atoms with van der Waals surface area (Å²) >= 11 is 0. The SMILES string of the molecule is CC1C2CC(CC1C(=O)c1ccccc1)OO2. The van der Waals surface area contributed by atoms with Crippen LogP contribution in [0.15, 0.2) is 30.3 Å². The molecule has 2 fully saturated rings. The number of ketones is 1. The molecule has 1 aromatic carbocycles. The molecule has 2 aliphatic rings. The fourth-order valence-electron chi connectivity index (χ4n) is 2.84. The van der Waals surface area contributed by atoms with Crippen molar-refractivity contribution in [3.05, 3.63) is 35.9 Å². The molecule has 1 aliphatic heterocycles. The lowest BCUT2D eigenvalue weighted by molar-refractivity contribution is -0.294. The van der Waals surface area contributed by atoms with Crippen molar-refractivity contribution in [2.24, 2.45) is 11.8 Å². The molecule has 1 saturated heterocycles. The summed E-state index contributed by atoms with van der Waals surface area (Å²) in [6, 6.07) is 9.50. The molecule has 0 aromatic heterocycles. The van der Waals surface area contributed by atoms with E-state index in [9.17, 15) is 4.79 Å². The summed E-state index contributed by atoms with van der Waals surface area (Å²) in [4.78, 5) is 22.9. The largest absolute Gasteiger partial charge is 0.294 e. The van der Waals surface area contributed by atoms with Crippen molar-refractivity contribution < 1.29 is 14.6 Å². The zero-order valence-corrected chi connectivity index (χ0v) is 9.84. The Morgan fingerprint density at radius 2 is 1.94 bits per heavy atom. The van der Waals surface area contributed by atoms with Crippen molar-refractivity contribution in [1.82, 2.24) is 0 Å². The lowest BCUT2D eigenvalue weighted by Crippen LogP contribution is -2.36. The number of rotatable bonds is 2. The Balaban J connectivity index is 1.82. The summed E-state index contributed by atoms with van der Waals surface area (Å²) in [6.45, 7) is 2.08. The minimum absolute atomic E-state index is 0.0312. The average molecular weight is 232 g/mol. The summed E-state index contributed by atoms with van der Waals surface area (Å²) in [6.07, 6.45) is 1.91. The summed E-state index contributed by atoms with van der Waals surface area (Å²) in [7, 11) is 0. The lowest BCUT2D eigenvalue weighted by Gasteiger charge is -2.29. The van der Waals surface area contributed by atoms with Crippen LogP contribution in [0.3, 0.4) is 0 Å². The van der Waals surface area contributed by atoms with Gasteiger partial charge in [-0.25, -0.2) is 9.78 Å². The Morgan fingerprint density at radius 3 is 2.71 bits per heavy atom. The van der Waals surface area contributed by atoms with Gasteiger partial charge in [-0.3, -0.25) is 4.79 Å². The van der Waals surface area contributed by atoms with Gasteiger partial charge < -0.3 is 0 Å². The van der Waals surface area contributed by atoms with Crippen molar-refractivity contribution in [2.45, 2.75) is 32.0 Å². The molecule has 3 heteroatoms. The molecule has 0 radical (unpaired) electrons. The van der Waals surface area contributed by atoms with E-state index in [0.29, 0.717) is 0 Å². The van der Waals surface area contributed by atoms with Gasteiger partial charge in [0.05, 0.1) is 12.2 Å². The molecule has 2 bridgehead atoms. The van der Waals surface area contributed by atoms with Gasteiger partial charge in [-0.15, -0.1) is 0 Å². The van der Waals surface area contributed by atoms with Gasteiger partial charge in [-0.1, -0.05) is 37.3 Å². The molecule has 17 heavy (non-hydrogen) atoms. The van der Waals surface area contributed by atoms with E-state index < -0.39 is 0 Å². The number of Topliss-reactive ketones (excluding diaryl/α,β-unsaturated/α-hetero) is 1. The number of fused-ring (bicyclic) bond motifs is 2. The lowest BCUT2D eigenvalue weighted by atomic mass is 9.74. The van der Waals surface area contributed by atoms with Gasteiger partial charge in [0.1, 0.15) is 0 Å². The second-order valence-corrected chi connectivity index (χ2v) is 5.02. The van der Waals surface area contributed by atoms with Gasteiger partial charge in [-0.2, -0.15) is 0 Å². The molecule has 4 unspecified atom stereocenters. The normalized spacial score (nSPS) is 35.8. The number of carbonyl (C=O) groups excluding carboxylic acids is 1. The summed E-state index contributed by atoms with van der Waals surface area (Å²) < 4.78 is 0. The molecule has 3 nitrogen and oxygen atoms in total. The molecule has 1 saturated carbocycles. The van der Waals surface area contributed by atoms with Crippen molar-refractivity contribution in [2.75, 3.05) is 0 Å². The highest BCUT2D eigenvalue weighted by Crippen LogP contribution is 2.40. The first-order valence-electron chi connectivity index (χ1n) is 6.17. The molecule has 0 spiro atoms. The van der Waals surface area contributed by atoms with Gasteiger partial charge >= 0.3 is 0 Å². The third-order valence-corrected chi connectivity index (χ3v) is 3.94. The number of benzene rings is 1. The Morgan fingerprint density at radius 1 is 1.18 bits per heavy atom. The summed E-state index contributed by atoms with van der Waals surface area (Å²) in [5.74, 6) is 0.493. The van der Waals surface area contributed by atoms with Crippen LogP contribution in [0.25, 0.3) is 0 Å².